The lowest BCUT2D eigenvalue weighted by atomic mass is 9.93. The summed E-state index contributed by atoms with van der Waals surface area (Å²) in [6, 6.07) is 4.35. The number of furan rings is 1. The highest BCUT2D eigenvalue weighted by Crippen LogP contribution is 2.32. The van der Waals surface area contributed by atoms with Crippen molar-refractivity contribution < 1.29 is 14.0 Å². The molecule has 2 amide bonds. The van der Waals surface area contributed by atoms with E-state index in [1.807, 2.05) is 19.1 Å². The second kappa shape index (κ2) is 8.05. The third-order valence-corrected chi connectivity index (χ3v) is 6.28. The quantitative estimate of drug-likeness (QED) is 0.860. The first-order valence-corrected chi connectivity index (χ1v) is 10.5. The average Bonchev–Trinajstić information content (AvgIpc) is 3.47. The van der Waals surface area contributed by atoms with Crippen LogP contribution in [0.25, 0.3) is 0 Å². The predicted molar refractivity (Wildman–Crippen MR) is 102 cm³/mol. The number of nitrogens with zero attached hydrogens (tertiary/aromatic N) is 2. The van der Waals surface area contributed by atoms with E-state index in [2.05, 4.69) is 15.1 Å². The molecule has 1 N–H and O–H groups in total. The Morgan fingerprint density at radius 2 is 1.85 bits per heavy atom. The fraction of sp³-hybridized carbons (Fsp3) is 0.714. The molecule has 2 saturated heterocycles. The first-order valence-electron chi connectivity index (χ1n) is 10.5. The fourth-order valence-electron chi connectivity index (χ4n) is 4.49. The van der Waals surface area contributed by atoms with Gasteiger partial charge in [-0.05, 0) is 64.1 Å². The Balaban J connectivity index is 1.24. The van der Waals surface area contributed by atoms with Crippen LogP contribution in [0.2, 0.25) is 0 Å². The van der Waals surface area contributed by atoms with Gasteiger partial charge in [0.25, 0.3) is 0 Å². The summed E-state index contributed by atoms with van der Waals surface area (Å²) in [6.45, 7) is 6.04. The molecule has 2 aliphatic heterocycles. The van der Waals surface area contributed by atoms with E-state index < -0.39 is 0 Å². The topological polar surface area (TPSA) is 65.8 Å². The smallest absolute Gasteiger partial charge is 0.225 e. The summed E-state index contributed by atoms with van der Waals surface area (Å²) in [4.78, 5) is 29.4. The zero-order valence-electron chi connectivity index (χ0n) is 16.3. The van der Waals surface area contributed by atoms with E-state index in [-0.39, 0.29) is 11.8 Å². The van der Waals surface area contributed by atoms with Gasteiger partial charge in [-0.1, -0.05) is 0 Å². The van der Waals surface area contributed by atoms with Crippen molar-refractivity contribution >= 4 is 11.8 Å². The van der Waals surface area contributed by atoms with Gasteiger partial charge in [-0.15, -0.1) is 0 Å². The maximum absolute atomic E-state index is 12.6. The molecule has 1 aromatic heterocycles. The molecular formula is C21H31N3O3. The number of nitrogens with one attached hydrogen (secondary N) is 1. The number of aryl methyl sites for hydroxylation is 1. The third kappa shape index (κ3) is 4.54. The van der Waals surface area contributed by atoms with Crippen LogP contribution >= 0.6 is 0 Å². The van der Waals surface area contributed by atoms with Gasteiger partial charge < -0.3 is 14.6 Å². The molecule has 1 atom stereocenters. The van der Waals surface area contributed by atoms with E-state index in [1.54, 1.807) is 0 Å². The third-order valence-electron chi connectivity index (χ3n) is 6.28. The lowest BCUT2D eigenvalue weighted by Gasteiger charge is -2.42. The van der Waals surface area contributed by atoms with E-state index in [4.69, 9.17) is 4.42 Å². The summed E-state index contributed by atoms with van der Waals surface area (Å²) in [6.07, 6.45) is 6.27. The van der Waals surface area contributed by atoms with Crippen molar-refractivity contribution in [3.05, 3.63) is 23.7 Å². The molecule has 1 aliphatic carbocycles. The summed E-state index contributed by atoms with van der Waals surface area (Å²) in [5, 5.41) is 3.03. The molecule has 0 spiro atoms. The summed E-state index contributed by atoms with van der Waals surface area (Å²) >= 11 is 0. The number of rotatable bonds is 5. The SMILES string of the molecule is Cc1ccc(CNC(=O)[C@@H]2CCCN(C3CCN(C(=O)C4CC4)CC3)C2)o1. The van der Waals surface area contributed by atoms with Crippen molar-refractivity contribution in [3.63, 3.8) is 0 Å². The Morgan fingerprint density at radius 1 is 1.07 bits per heavy atom. The van der Waals surface area contributed by atoms with Gasteiger partial charge in [0.2, 0.25) is 11.8 Å². The van der Waals surface area contributed by atoms with Crippen LogP contribution in [0.3, 0.4) is 0 Å². The number of carbonyl (C=O) groups is 2. The molecule has 0 unspecified atom stereocenters. The molecule has 4 rings (SSSR count). The van der Waals surface area contributed by atoms with E-state index in [9.17, 15) is 9.59 Å². The summed E-state index contributed by atoms with van der Waals surface area (Å²) in [7, 11) is 0. The van der Waals surface area contributed by atoms with Crippen molar-refractivity contribution in [1.29, 1.82) is 0 Å². The van der Waals surface area contributed by atoms with Gasteiger partial charge in [-0.2, -0.15) is 0 Å². The summed E-state index contributed by atoms with van der Waals surface area (Å²) in [5.74, 6) is 2.56. The van der Waals surface area contributed by atoms with Crippen LogP contribution in [0.4, 0.5) is 0 Å². The summed E-state index contributed by atoms with van der Waals surface area (Å²) < 4.78 is 5.53. The molecule has 6 nitrogen and oxygen atoms in total. The molecule has 0 radical (unpaired) electrons. The molecule has 3 heterocycles. The Bertz CT molecular complexity index is 674. The molecule has 148 valence electrons. The minimum absolute atomic E-state index is 0.0564. The highest BCUT2D eigenvalue weighted by atomic mass is 16.3. The number of amides is 2. The van der Waals surface area contributed by atoms with Crippen molar-refractivity contribution in [2.24, 2.45) is 11.8 Å². The molecule has 1 aromatic rings. The zero-order chi connectivity index (χ0) is 18.8. The number of hydrogen-bond donors (Lipinski definition) is 1. The maximum atomic E-state index is 12.6. The predicted octanol–water partition coefficient (Wildman–Crippen LogP) is 2.32. The van der Waals surface area contributed by atoms with Crippen LogP contribution in [0.15, 0.2) is 16.5 Å². The zero-order valence-corrected chi connectivity index (χ0v) is 16.3. The second-order valence-electron chi connectivity index (χ2n) is 8.39. The van der Waals surface area contributed by atoms with Gasteiger partial charge in [-0.3, -0.25) is 14.5 Å². The summed E-state index contributed by atoms with van der Waals surface area (Å²) in [5.41, 5.74) is 0. The second-order valence-corrected chi connectivity index (χ2v) is 8.39. The molecule has 3 aliphatic rings. The fourth-order valence-corrected chi connectivity index (χ4v) is 4.49. The highest BCUT2D eigenvalue weighted by Gasteiger charge is 2.37. The van der Waals surface area contributed by atoms with Gasteiger partial charge in [0.15, 0.2) is 0 Å². The van der Waals surface area contributed by atoms with E-state index in [1.165, 1.54) is 0 Å². The monoisotopic (exact) mass is 373 g/mol. The average molecular weight is 373 g/mol. The van der Waals surface area contributed by atoms with Crippen molar-refractivity contribution in [2.75, 3.05) is 26.2 Å². The lowest BCUT2D eigenvalue weighted by Crippen LogP contribution is -2.51. The van der Waals surface area contributed by atoms with Crippen LogP contribution < -0.4 is 5.32 Å². The molecule has 3 fully saturated rings. The van der Waals surface area contributed by atoms with Crippen LogP contribution in [-0.2, 0) is 16.1 Å². The normalized spacial score (nSPS) is 24.8. The van der Waals surface area contributed by atoms with Gasteiger partial charge >= 0.3 is 0 Å². The van der Waals surface area contributed by atoms with Gasteiger partial charge in [0.1, 0.15) is 11.5 Å². The maximum Gasteiger partial charge on any atom is 0.225 e. The Hall–Kier alpha value is -1.82. The van der Waals surface area contributed by atoms with E-state index in [0.29, 0.717) is 24.4 Å². The van der Waals surface area contributed by atoms with Gasteiger partial charge in [-0.25, -0.2) is 0 Å². The molecule has 0 bridgehead atoms. The molecule has 1 saturated carbocycles. The molecule has 27 heavy (non-hydrogen) atoms. The van der Waals surface area contributed by atoms with E-state index in [0.717, 1.165) is 76.2 Å². The van der Waals surface area contributed by atoms with Crippen molar-refractivity contribution in [3.8, 4) is 0 Å². The van der Waals surface area contributed by atoms with Gasteiger partial charge in [0.05, 0.1) is 12.5 Å². The van der Waals surface area contributed by atoms with Crippen LogP contribution in [0, 0.1) is 18.8 Å². The first-order chi connectivity index (χ1) is 13.1. The lowest BCUT2D eigenvalue weighted by molar-refractivity contribution is -0.134. The minimum atomic E-state index is 0.0564. The largest absolute Gasteiger partial charge is 0.465 e. The van der Waals surface area contributed by atoms with Crippen LogP contribution in [0.5, 0.6) is 0 Å². The standard InChI is InChI=1S/C21H31N3O3/c1-15-4-7-19(27-15)13-22-20(25)17-3-2-10-24(14-17)18-8-11-23(12-9-18)21(26)16-5-6-16/h4,7,16-18H,2-3,5-6,8-14H2,1H3,(H,22,25)/t17-/m1/s1. The van der Waals surface area contributed by atoms with Crippen LogP contribution in [0.1, 0.15) is 50.0 Å². The Labute approximate surface area is 161 Å². The van der Waals surface area contributed by atoms with Crippen molar-refractivity contribution in [2.45, 2.75) is 58.0 Å². The number of hydrogen-bond acceptors (Lipinski definition) is 4. The Kier molecular flexibility index (Phi) is 5.53. The number of likely N-dealkylation sites (tertiary alicyclic amines) is 2. The number of carbonyl (C=O) groups excluding carboxylic acids is 2. The number of piperidine rings is 2. The van der Waals surface area contributed by atoms with Crippen LogP contribution in [-0.4, -0.2) is 53.8 Å². The minimum Gasteiger partial charge on any atom is -0.465 e. The van der Waals surface area contributed by atoms with E-state index >= 15 is 0 Å². The molecule has 0 aromatic carbocycles. The van der Waals surface area contributed by atoms with Gasteiger partial charge in [0, 0.05) is 31.6 Å². The highest BCUT2D eigenvalue weighted by molar-refractivity contribution is 5.81. The van der Waals surface area contributed by atoms with Crippen molar-refractivity contribution in [1.82, 2.24) is 15.1 Å². The molecular weight excluding hydrogens is 342 g/mol. The molecule has 6 heteroatoms. The first kappa shape index (κ1) is 18.5. The Morgan fingerprint density at radius 3 is 2.52 bits per heavy atom.